The summed E-state index contributed by atoms with van der Waals surface area (Å²) in [7, 11) is 1.83. The molecule has 0 aromatic carbocycles. The fraction of sp³-hybridized carbons (Fsp3) is 0.438. The van der Waals surface area contributed by atoms with Crippen molar-refractivity contribution < 1.29 is 14.7 Å². The van der Waals surface area contributed by atoms with Gasteiger partial charge in [-0.2, -0.15) is 5.10 Å². The average Bonchev–Trinajstić information content (AvgIpc) is 3.10. The molecular formula is C16H19N3O3S. The Bertz CT molecular complexity index is 731. The zero-order valence-electron chi connectivity index (χ0n) is 13.0. The minimum atomic E-state index is -0.290. The molecule has 2 heterocycles. The Kier molecular flexibility index (Phi) is 4.32. The molecule has 2 N–H and O–H groups in total. The standard InChI is InChI=1S/C16H19N3O3S/c1-9(20)14-5-11(8-23-14)16(22)18-15(10-3-13(21)4-10)12-6-17-19(2)7-12/h5-8,10,13,15,21H,3-4H2,1-2H3,(H,18,22)/t10?,13?,15-/m1/s1. The van der Waals surface area contributed by atoms with Crippen LogP contribution in [0.15, 0.2) is 23.8 Å². The molecule has 3 rings (SSSR count). The van der Waals surface area contributed by atoms with Crippen LogP contribution in [0.5, 0.6) is 0 Å². The summed E-state index contributed by atoms with van der Waals surface area (Å²) in [6.07, 6.45) is 4.67. The van der Waals surface area contributed by atoms with Gasteiger partial charge in [0.1, 0.15) is 0 Å². The number of aliphatic hydroxyl groups excluding tert-OH is 1. The van der Waals surface area contributed by atoms with Gasteiger partial charge in [-0.1, -0.05) is 0 Å². The van der Waals surface area contributed by atoms with Crippen LogP contribution in [0.4, 0.5) is 0 Å². The molecule has 1 atom stereocenters. The maximum Gasteiger partial charge on any atom is 0.252 e. The van der Waals surface area contributed by atoms with E-state index in [1.54, 1.807) is 22.3 Å². The van der Waals surface area contributed by atoms with Gasteiger partial charge in [-0.3, -0.25) is 14.3 Å². The van der Waals surface area contributed by atoms with Crippen LogP contribution in [0.1, 0.15) is 51.4 Å². The number of hydrogen-bond donors (Lipinski definition) is 2. The fourth-order valence-electron chi connectivity index (χ4n) is 2.84. The minimum absolute atomic E-state index is 0.0417. The Labute approximate surface area is 138 Å². The number of hydrogen-bond acceptors (Lipinski definition) is 5. The van der Waals surface area contributed by atoms with Gasteiger partial charge in [-0.25, -0.2) is 0 Å². The van der Waals surface area contributed by atoms with Gasteiger partial charge in [0.25, 0.3) is 5.91 Å². The van der Waals surface area contributed by atoms with Gasteiger partial charge in [0.05, 0.1) is 28.8 Å². The van der Waals surface area contributed by atoms with Crippen molar-refractivity contribution in [3.63, 3.8) is 0 Å². The van der Waals surface area contributed by atoms with E-state index >= 15 is 0 Å². The van der Waals surface area contributed by atoms with Crippen LogP contribution < -0.4 is 5.32 Å². The van der Waals surface area contributed by atoms with E-state index in [1.807, 2.05) is 13.2 Å². The second kappa shape index (κ2) is 6.25. The highest BCUT2D eigenvalue weighted by molar-refractivity contribution is 7.12. The monoisotopic (exact) mass is 333 g/mol. The smallest absolute Gasteiger partial charge is 0.252 e. The second-order valence-electron chi connectivity index (χ2n) is 6.04. The maximum atomic E-state index is 12.5. The predicted octanol–water partition coefficient (Wildman–Crippen LogP) is 1.93. The first kappa shape index (κ1) is 15.9. The number of aryl methyl sites for hydroxylation is 1. The Balaban J connectivity index is 1.77. The fourth-order valence-corrected chi connectivity index (χ4v) is 3.63. The molecule has 23 heavy (non-hydrogen) atoms. The Morgan fingerprint density at radius 1 is 1.48 bits per heavy atom. The first-order chi connectivity index (χ1) is 10.9. The number of carbonyl (C=O) groups is 2. The van der Waals surface area contributed by atoms with Crippen LogP contribution in [-0.2, 0) is 7.05 Å². The van der Waals surface area contributed by atoms with E-state index in [2.05, 4.69) is 10.4 Å². The molecule has 0 aliphatic heterocycles. The summed E-state index contributed by atoms with van der Waals surface area (Å²) in [5.74, 6) is -0.0481. The van der Waals surface area contributed by atoms with Gasteiger partial charge in [-0.05, 0) is 31.7 Å². The number of rotatable bonds is 5. The highest BCUT2D eigenvalue weighted by atomic mass is 32.1. The molecule has 1 aliphatic rings. The van der Waals surface area contributed by atoms with Gasteiger partial charge in [0, 0.05) is 24.2 Å². The molecule has 2 aromatic heterocycles. The number of aliphatic hydroxyl groups is 1. The topological polar surface area (TPSA) is 84.2 Å². The number of amides is 1. The normalized spacial score (nSPS) is 21.5. The van der Waals surface area contributed by atoms with Crippen LogP contribution in [0.3, 0.4) is 0 Å². The van der Waals surface area contributed by atoms with Crippen molar-refractivity contribution in [1.82, 2.24) is 15.1 Å². The molecule has 0 spiro atoms. The van der Waals surface area contributed by atoms with E-state index in [9.17, 15) is 14.7 Å². The molecular weight excluding hydrogens is 314 g/mol. The van der Waals surface area contributed by atoms with Crippen LogP contribution in [0, 0.1) is 5.92 Å². The summed E-state index contributed by atoms with van der Waals surface area (Å²) < 4.78 is 1.70. The predicted molar refractivity (Wildman–Crippen MR) is 86.5 cm³/mol. The van der Waals surface area contributed by atoms with Crippen LogP contribution >= 0.6 is 11.3 Å². The summed E-state index contributed by atoms with van der Waals surface area (Å²) >= 11 is 1.27. The summed E-state index contributed by atoms with van der Waals surface area (Å²) in [6, 6.07) is 1.44. The molecule has 0 bridgehead atoms. The van der Waals surface area contributed by atoms with E-state index < -0.39 is 0 Å². The summed E-state index contributed by atoms with van der Waals surface area (Å²) in [4.78, 5) is 24.4. The lowest BCUT2D eigenvalue weighted by molar-refractivity contribution is 0.0235. The van der Waals surface area contributed by atoms with E-state index in [0.29, 0.717) is 23.3 Å². The quantitative estimate of drug-likeness (QED) is 0.819. The molecule has 1 aliphatic carbocycles. The van der Waals surface area contributed by atoms with Gasteiger partial charge < -0.3 is 10.4 Å². The number of nitrogens with zero attached hydrogens (tertiary/aromatic N) is 2. The third-order valence-corrected chi connectivity index (χ3v) is 5.23. The lowest BCUT2D eigenvalue weighted by Gasteiger charge is -2.37. The van der Waals surface area contributed by atoms with Crippen LogP contribution in [0.2, 0.25) is 0 Å². The number of thiophene rings is 1. The Morgan fingerprint density at radius 2 is 2.22 bits per heavy atom. The molecule has 2 aromatic rings. The molecule has 0 unspecified atom stereocenters. The molecule has 1 saturated carbocycles. The van der Waals surface area contributed by atoms with E-state index in [0.717, 1.165) is 5.56 Å². The third kappa shape index (κ3) is 3.35. The second-order valence-corrected chi connectivity index (χ2v) is 6.95. The lowest BCUT2D eigenvalue weighted by Crippen LogP contribution is -2.41. The molecule has 122 valence electrons. The van der Waals surface area contributed by atoms with Gasteiger partial charge in [-0.15, -0.1) is 11.3 Å². The molecule has 0 radical (unpaired) electrons. The Hall–Kier alpha value is -1.99. The lowest BCUT2D eigenvalue weighted by atomic mass is 9.75. The van der Waals surface area contributed by atoms with E-state index in [1.165, 1.54) is 18.3 Å². The van der Waals surface area contributed by atoms with Crippen molar-refractivity contribution in [2.75, 3.05) is 0 Å². The number of nitrogens with one attached hydrogen (secondary N) is 1. The van der Waals surface area contributed by atoms with Gasteiger partial charge in [0.15, 0.2) is 5.78 Å². The first-order valence-corrected chi connectivity index (χ1v) is 8.39. The van der Waals surface area contributed by atoms with Crippen molar-refractivity contribution in [3.8, 4) is 0 Å². The van der Waals surface area contributed by atoms with Crippen molar-refractivity contribution in [2.45, 2.75) is 31.9 Å². The highest BCUT2D eigenvalue weighted by Gasteiger charge is 2.36. The van der Waals surface area contributed by atoms with Crippen molar-refractivity contribution in [1.29, 1.82) is 0 Å². The molecule has 6 nitrogen and oxygen atoms in total. The SMILES string of the molecule is CC(=O)c1cc(C(=O)N[C@@H](c2cnn(C)c2)C2CC(O)C2)cs1. The van der Waals surface area contributed by atoms with E-state index in [-0.39, 0.29) is 29.8 Å². The van der Waals surface area contributed by atoms with Crippen LogP contribution in [-0.4, -0.2) is 32.7 Å². The van der Waals surface area contributed by atoms with E-state index in [4.69, 9.17) is 0 Å². The Morgan fingerprint density at radius 3 is 2.74 bits per heavy atom. The average molecular weight is 333 g/mol. The summed E-state index contributed by atoms with van der Waals surface area (Å²) in [5, 5.41) is 18.5. The number of Topliss-reactive ketones (excluding diaryl/α,β-unsaturated/α-hetero) is 1. The molecule has 1 fully saturated rings. The van der Waals surface area contributed by atoms with Crippen LogP contribution in [0.25, 0.3) is 0 Å². The van der Waals surface area contributed by atoms with Gasteiger partial charge in [0.2, 0.25) is 0 Å². The summed E-state index contributed by atoms with van der Waals surface area (Å²) in [5.41, 5.74) is 1.42. The number of carbonyl (C=O) groups excluding carboxylic acids is 2. The number of aromatic nitrogens is 2. The first-order valence-electron chi connectivity index (χ1n) is 7.51. The molecule has 7 heteroatoms. The summed E-state index contributed by atoms with van der Waals surface area (Å²) in [6.45, 7) is 1.49. The van der Waals surface area contributed by atoms with Crippen molar-refractivity contribution >= 4 is 23.0 Å². The highest BCUT2D eigenvalue weighted by Crippen LogP contribution is 2.38. The molecule has 1 amide bonds. The van der Waals surface area contributed by atoms with Gasteiger partial charge >= 0.3 is 0 Å². The minimum Gasteiger partial charge on any atom is -0.393 e. The number of ketones is 1. The zero-order chi connectivity index (χ0) is 16.6. The third-order valence-electron chi connectivity index (χ3n) is 4.20. The molecule has 0 saturated heterocycles. The zero-order valence-corrected chi connectivity index (χ0v) is 13.8. The maximum absolute atomic E-state index is 12.5. The largest absolute Gasteiger partial charge is 0.393 e. The van der Waals surface area contributed by atoms with Crippen molar-refractivity contribution in [2.24, 2.45) is 13.0 Å². The van der Waals surface area contributed by atoms with Crippen molar-refractivity contribution in [3.05, 3.63) is 39.8 Å².